The van der Waals surface area contributed by atoms with E-state index in [0.29, 0.717) is 17.9 Å². The molecule has 0 bridgehead atoms. The first-order valence-electron chi connectivity index (χ1n) is 12.0. The van der Waals surface area contributed by atoms with Gasteiger partial charge in [-0.05, 0) is 36.2 Å². The van der Waals surface area contributed by atoms with E-state index in [9.17, 15) is 8.78 Å². The van der Waals surface area contributed by atoms with E-state index >= 15 is 8.78 Å². The minimum atomic E-state index is -3.41. The van der Waals surface area contributed by atoms with Gasteiger partial charge in [0.2, 0.25) is 0 Å². The van der Waals surface area contributed by atoms with Crippen molar-refractivity contribution in [1.29, 1.82) is 0 Å². The summed E-state index contributed by atoms with van der Waals surface area (Å²) in [6.07, 6.45) is 4.33. The first-order chi connectivity index (χ1) is 17.3. The maximum atomic E-state index is 16.3. The van der Waals surface area contributed by atoms with Crippen LogP contribution in [0.15, 0.2) is 55.1 Å². The van der Waals surface area contributed by atoms with E-state index in [1.807, 2.05) is 0 Å². The van der Waals surface area contributed by atoms with Crippen molar-refractivity contribution in [3.63, 3.8) is 0 Å². The summed E-state index contributed by atoms with van der Waals surface area (Å²) in [5.74, 6) is -4.21. The summed E-state index contributed by atoms with van der Waals surface area (Å²) >= 11 is 0. The van der Waals surface area contributed by atoms with Crippen molar-refractivity contribution in [1.82, 2.24) is 14.7 Å². The van der Waals surface area contributed by atoms with Crippen LogP contribution in [0.25, 0.3) is 5.69 Å². The smallest absolute Gasteiger partial charge is 0.311 e. The number of aromatic nitrogens is 2. The number of hydrogen-bond acceptors (Lipinski definition) is 4. The Bertz CT molecular complexity index is 1210. The maximum Gasteiger partial charge on any atom is 0.311 e. The van der Waals surface area contributed by atoms with Crippen LogP contribution in [0.1, 0.15) is 49.0 Å². The van der Waals surface area contributed by atoms with Crippen molar-refractivity contribution in [2.45, 2.75) is 44.7 Å². The highest BCUT2D eigenvalue weighted by atomic mass is 19.3. The largest absolute Gasteiger partial charge is 0.497 e. The minimum absolute atomic E-state index is 0.101. The van der Waals surface area contributed by atoms with Crippen molar-refractivity contribution >= 4 is 5.82 Å². The standard InChI is InChI=1S/C27H30F4N4O/c1-4-6-7-14-32-26-21-17-34(15-5-2)25(18-8-11-20(36-3)12-9-18)27(30,31)24(21)33-35(26)23-13-10-19(28)16-22(23)29/h5,8-13,16,25,32H,2,4,6-7,14-15,17H2,1,3H3. The van der Waals surface area contributed by atoms with Gasteiger partial charge >= 0.3 is 5.92 Å². The number of hydrogen-bond donors (Lipinski definition) is 1. The number of rotatable bonds is 10. The molecule has 5 nitrogen and oxygen atoms in total. The van der Waals surface area contributed by atoms with Crippen molar-refractivity contribution < 1.29 is 22.3 Å². The fraction of sp³-hybridized carbons (Fsp3) is 0.370. The van der Waals surface area contributed by atoms with Crippen LogP contribution in [-0.4, -0.2) is 34.9 Å². The van der Waals surface area contributed by atoms with Gasteiger partial charge in [0, 0.05) is 31.3 Å². The van der Waals surface area contributed by atoms with Gasteiger partial charge in [-0.2, -0.15) is 13.9 Å². The van der Waals surface area contributed by atoms with Gasteiger partial charge in [0.1, 0.15) is 34.8 Å². The fourth-order valence-corrected chi connectivity index (χ4v) is 4.65. The molecule has 192 valence electrons. The summed E-state index contributed by atoms with van der Waals surface area (Å²) in [5.41, 5.74) is 0.154. The summed E-state index contributed by atoms with van der Waals surface area (Å²) in [5, 5.41) is 7.44. The van der Waals surface area contributed by atoms with E-state index in [1.165, 1.54) is 13.2 Å². The third-order valence-corrected chi connectivity index (χ3v) is 6.37. The van der Waals surface area contributed by atoms with E-state index < -0.39 is 29.3 Å². The van der Waals surface area contributed by atoms with Crippen molar-refractivity contribution in [2.75, 3.05) is 25.5 Å². The second kappa shape index (κ2) is 10.7. The first kappa shape index (κ1) is 25.8. The van der Waals surface area contributed by atoms with E-state index in [2.05, 4.69) is 23.9 Å². The fourth-order valence-electron chi connectivity index (χ4n) is 4.65. The summed E-state index contributed by atoms with van der Waals surface area (Å²) < 4.78 is 67.2. The number of fused-ring (bicyclic) bond motifs is 1. The van der Waals surface area contributed by atoms with Gasteiger partial charge in [0.05, 0.1) is 7.11 Å². The summed E-state index contributed by atoms with van der Waals surface area (Å²) in [7, 11) is 1.51. The number of nitrogens with zero attached hydrogens (tertiary/aromatic N) is 3. The van der Waals surface area contributed by atoms with Gasteiger partial charge in [-0.25, -0.2) is 13.5 Å². The SMILES string of the molecule is C=CCN1Cc2c(nn(-c3ccc(F)cc3F)c2NCCCCC)C(F)(F)C1c1ccc(OC)cc1. The molecule has 0 aliphatic carbocycles. The molecule has 1 aliphatic rings. The molecule has 36 heavy (non-hydrogen) atoms. The summed E-state index contributed by atoms with van der Waals surface area (Å²) in [6, 6.07) is 8.20. The molecule has 0 amide bonds. The lowest BCUT2D eigenvalue weighted by molar-refractivity contribution is -0.106. The van der Waals surface area contributed by atoms with Crippen LogP contribution in [0.5, 0.6) is 5.75 Å². The van der Waals surface area contributed by atoms with Crippen molar-refractivity contribution in [3.05, 3.63) is 83.6 Å². The minimum Gasteiger partial charge on any atom is -0.497 e. The molecule has 2 heterocycles. The zero-order chi connectivity index (χ0) is 25.9. The molecule has 1 aromatic heterocycles. The second-order valence-electron chi connectivity index (χ2n) is 8.83. The highest BCUT2D eigenvalue weighted by Gasteiger charge is 2.53. The van der Waals surface area contributed by atoms with E-state index in [1.54, 1.807) is 35.2 Å². The summed E-state index contributed by atoms with van der Waals surface area (Å²) in [4.78, 5) is 1.63. The summed E-state index contributed by atoms with van der Waals surface area (Å²) in [6.45, 7) is 6.67. The van der Waals surface area contributed by atoms with Crippen molar-refractivity contribution in [2.24, 2.45) is 0 Å². The third-order valence-electron chi connectivity index (χ3n) is 6.37. The highest BCUT2D eigenvalue weighted by molar-refractivity contribution is 5.56. The Labute approximate surface area is 208 Å². The molecule has 2 aromatic carbocycles. The average Bonchev–Trinajstić information content (AvgIpc) is 3.21. The quantitative estimate of drug-likeness (QED) is 0.193. The molecule has 4 rings (SSSR count). The zero-order valence-corrected chi connectivity index (χ0v) is 20.4. The molecule has 0 radical (unpaired) electrons. The Morgan fingerprint density at radius 2 is 1.92 bits per heavy atom. The normalized spacial score (nSPS) is 17.0. The van der Waals surface area contributed by atoms with Crippen LogP contribution >= 0.6 is 0 Å². The molecule has 0 saturated carbocycles. The number of methoxy groups -OCH3 is 1. The number of anilines is 1. The predicted octanol–water partition coefficient (Wildman–Crippen LogP) is 6.60. The van der Waals surface area contributed by atoms with Gasteiger partial charge in [0.25, 0.3) is 0 Å². The molecule has 3 aromatic rings. The highest BCUT2D eigenvalue weighted by Crippen LogP contribution is 2.51. The number of ether oxygens (including phenoxy) is 1. The van der Waals surface area contributed by atoms with E-state index in [0.717, 1.165) is 36.1 Å². The second-order valence-corrected chi connectivity index (χ2v) is 8.83. The Hall–Kier alpha value is -3.33. The number of alkyl halides is 2. The van der Waals surface area contributed by atoms with Crippen LogP contribution in [0.3, 0.4) is 0 Å². The molecule has 0 spiro atoms. The van der Waals surface area contributed by atoms with Gasteiger partial charge in [-0.3, -0.25) is 4.90 Å². The van der Waals surface area contributed by atoms with E-state index in [4.69, 9.17) is 4.74 Å². The molecule has 9 heteroatoms. The Kier molecular flexibility index (Phi) is 7.68. The molecule has 1 atom stereocenters. The predicted molar refractivity (Wildman–Crippen MR) is 132 cm³/mol. The lowest BCUT2D eigenvalue weighted by Gasteiger charge is -2.40. The first-order valence-corrected chi connectivity index (χ1v) is 12.0. The molecule has 0 fully saturated rings. The van der Waals surface area contributed by atoms with Gasteiger partial charge < -0.3 is 10.1 Å². The van der Waals surface area contributed by atoms with Crippen molar-refractivity contribution in [3.8, 4) is 11.4 Å². The third kappa shape index (κ3) is 4.84. The molecule has 1 N–H and O–H groups in total. The van der Waals surface area contributed by atoms with Gasteiger partial charge in [0.15, 0.2) is 5.82 Å². The average molecular weight is 503 g/mol. The lowest BCUT2D eigenvalue weighted by atomic mass is 9.90. The van der Waals surface area contributed by atoms with Crippen LogP contribution < -0.4 is 10.1 Å². The number of benzene rings is 2. The van der Waals surface area contributed by atoms with Gasteiger partial charge in [-0.1, -0.05) is 38.0 Å². The van der Waals surface area contributed by atoms with Crippen LogP contribution in [0.4, 0.5) is 23.4 Å². The number of unbranched alkanes of at least 4 members (excludes halogenated alkanes) is 2. The lowest BCUT2D eigenvalue weighted by Crippen LogP contribution is -2.44. The topological polar surface area (TPSA) is 42.3 Å². The molecule has 1 unspecified atom stereocenters. The monoisotopic (exact) mass is 502 g/mol. The Morgan fingerprint density at radius 3 is 2.56 bits per heavy atom. The molecule has 1 aliphatic heterocycles. The Balaban J connectivity index is 1.85. The van der Waals surface area contributed by atoms with Crippen LogP contribution in [0.2, 0.25) is 0 Å². The number of nitrogens with one attached hydrogen (secondary N) is 1. The van der Waals surface area contributed by atoms with Gasteiger partial charge in [-0.15, -0.1) is 6.58 Å². The van der Waals surface area contributed by atoms with E-state index in [-0.39, 0.29) is 30.2 Å². The van der Waals surface area contributed by atoms with Crippen LogP contribution in [0, 0.1) is 11.6 Å². The molecule has 0 saturated heterocycles. The number of halogens is 4. The molecular formula is C27H30F4N4O. The molecular weight excluding hydrogens is 472 g/mol. The Morgan fingerprint density at radius 1 is 1.17 bits per heavy atom. The van der Waals surface area contributed by atoms with Crippen LogP contribution in [-0.2, 0) is 12.5 Å². The maximum absolute atomic E-state index is 16.3. The zero-order valence-electron chi connectivity index (χ0n) is 20.4.